The third kappa shape index (κ3) is 1.67. The maximum atomic E-state index is 8.79. The molecular weight excluding hydrogens is 166 g/mol. The van der Waals surface area contributed by atoms with Crippen LogP contribution in [0.1, 0.15) is 31.0 Å². The Hall–Kier alpha value is -1.83. The molecule has 0 radical (unpaired) electrons. The fourth-order valence-corrected chi connectivity index (χ4v) is 1.05. The summed E-state index contributed by atoms with van der Waals surface area (Å²) in [6.45, 7) is 3.84. The molecule has 1 rings (SSSR count). The Morgan fingerprint density at radius 3 is 2.38 bits per heavy atom. The van der Waals surface area contributed by atoms with Crippen LogP contribution >= 0.6 is 0 Å². The molecule has 0 unspecified atom stereocenters. The maximum absolute atomic E-state index is 8.79. The van der Waals surface area contributed by atoms with E-state index in [1.165, 1.54) is 0 Å². The zero-order chi connectivity index (χ0) is 10.0. The van der Waals surface area contributed by atoms with Crippen molar-refractivity contribution < 1.29 is 0 Å². The van der Waals surface area contributed by atoms with Crippen molar-refractivity contribution in [1.82, 2.24) is 9.97 Å². The van der Waals surface area contributed by atoms with Crippen LogP contribution in [-0.4, -0.2) is 9.97 Å². The van der Waals surface area contributed by atoms with Crippen LogP contribution < -0.4 is 11.5 Å². The Kier molecular flexibility index (Phi) is 2.33. The first kappa shape index (κ1) is 9.26. The van der Waals surface area contributed by atoms with Gasteiger partial charge in [-0.1, -0.05) is 13.8 Å². The van der Waals surface area contributed by atoms with Crippen molar-refractivity contribution in [2.24, 2.45) is 0 Å². The molecule has 0 saturated heterocycles. The van der Waals surface area contributed by atoms with Gasteiger partial charge in [-0.3, -0.25) is 0 Å². The highest BCUT2D eigenvalue weighted by molar-refractivity contribution is 5.53. The smallest absolute Gasteiger partial charge is 0.222 e. The van der Waals surface area contributed by atoms with Gasteiger partial charge in [0.25, 0.3) is 0 Å². The molecule has 0 aromatic carbocycles. The molecule has 4 N–H and O–H groups in total. The lowest BCUT2D eigenvalue weighted by Crippen LogP contribution is -2.08. The minimum atomic E-state index is 0.111. The average molecular weight is 177 g/mol. The SMILES string of the molecule is CC(C)c1nc(N)nc(N)c1C#N. The summed E-state index contributed by atoms with van der Waals surface area (Å²) in [5.74, 6) is 0.376. The van der Waals surface area contributed by atoms with Crippen LogP contribution in [0.15, 0.2) is 0 Å². The van der Waals surface area contributed by atoms with Crippen LogP contribution in [0.25, 0.3) is 0 Å². The van der Waals surface area contributed by atoms with Crippen LogP contribution in [0.2, 0.25) is 0 Å². The van der Waals surface area contributed by atoms with Gasteiger partial charge in [0.1, 0.15) is 17.5 Å². The van der Waals surface area contributed by atoms with E-state index in [2.05, 4.69) is 9.97 Å². The van der Waals surface area contributed by atoms with Crippen LogP contribution in [-0.2, 0) is 0 Å². The highest BCUT2D eigenvalue weighted by atomic mass is 15.0. The number of hydrogen-bond acceptors (Lipinski definition) is 5. The number of hydrogen-bond donors (Lipinski definition) is 2. The predicted molar refractivity (Wildman–Crippen MR) is 49.7 cm³/mol. The van der Waals surface area contributed by atoms with E-state index in [1.54, 1.807) is 0 Å². The van der Waals surface area contributed by atoms with Crippen molar-refractivity contribution in [2.45, 2.75) is 19.8 Å². The molecule has 0 aliphatic rings. The summed E-state index contributed by atoms with van der Waals surface area (Å²) in [5, 5.41) is 8.79. The molecule has 68 valence electrons. The molecule has 0 saturated carbocycles. The summed E-state index contributed by atoms with van der Waals surface area (Å²) >= 11 is 0. The normalized spacial score (nSPS) is 10.0. The van der Waals surface area contributed by atoms with Gasteiger partial charge in [0.05, 0.1) is 5.69 Å². The summed E-state index contributed by atoms with van der Waals surface area (Å²) in [6, 6.07) is 1.97. The van der Waals surface area contributed by atoms with Crippen molar-refractivity contribution in [3.63, 3.8) is 0 Å². The molecule has 5 heteroatoms. The Labute approximate surface area is 76.4 Å². The lowest BCUT2D eigenvalue weighted by molar-refractivity contribution is 0.814. The fraction of sp³-hybridized carbons (Fsp3) is 0.375. The van der Waals surface area contributed by atoms with E-state index in [9.17, 15) is 0 Å². The molecule has 0 amide bonds. The van der Waals surface area contributed by atoms with E-state index < -0.39 is 0 Å². The van der Waals surface area contributed by atoms with Gasteiger partial charge in [-0.15, -0.1) is 0 Å². The summed E-state index contributed by atoms with van der Waals surface area (Å²) in [7, 11) is 0. The number of anilines is 2. The van der Waals surface area contributed by atoms with Crippen molar-refractivity contribution in [2.75, 3.05) is 11.5 Å². The molecule has 0 atom stereocenters. The minimum Gasteiger partial charge on any atom is -0.382 e. The van der Waals surface area contributed by atoms with E-state index in [0.717, 1.165) is 0 Å². The molecule has 1 heterocycles. The molecule has 0 aliphatic heterocycles. The minimum absolute atomic E-state index is 0.111. The van der Waals surface area contributed by atoms with Crippen LogP contribution in [0.3, 0.4) is 0 Å². The predicted octanol–water partition coefficient (Wildman–Crippen LogP) is 0.636. The maximum Gasteiger partial charge on any atom is 0.222 e. The van der Waals surface area contributed by atoms with Gasteiger partial charge in [-0.05, 0) is 5.92 Å². The van der Waals surface area contributed by atoms with E-state index >= 15 is 0 Å². The largest absolute Gasteiger partial charge is 0.382 e. The van der Waals surface area contributed by atoms with Crippen molar-refractivity contribution in [3.8, 4) is 6.07 Å². The molecule has 5 nitrogen and oxygen atoms in total. The molecule has 0 aliphatic carbocycles. The molecule has 0 bridgehead atoms. The number of nitriles is 1. The number of nitrogens with zero attached hydrogens (tertiary/aromatic N) is 3. The van der Waals surface area contributed by atoms with Crippen LogP contribution in [0.5, 0.6) is 0 Å². The number of nitrogens with two attached hydrogens (primary N) is 2. The third-order valence-electron chi connectivity index (χ3n) is 1.64. The van der Waals surface area contributed by atoms with E-state index in [-0.39, 0.29) is 17.7 Å². The number of nitrogen functional groups attached to an aromatic ring is 2. The van der Waals surface area contributed by atoms with Gasteiger partial charge in [-0.2, -0.15) is 10.2 Å². The highest BCUT2D eigenvalue weighted by Gasteiger charge is 2.13. The highest BCUT2D eigenvalue weighted by Crippen LogP contribution is 2.20. The molecule has 13 heavy (non-hydrogen) atoms. The first-order valence-corrected chi connectivity index (χ1v) is 3.89. The average Bonchev–Trinajstić information content (AvgIpc) is 2.02. The Bertz CT molecular complexity index is 364. The second-order valence-corrected chi connectivity index (χ2v) is 2.99. The number of aromatic nitrogens is 2. The Balaban J connectivity index is 3.41. The van der Waals surface area contributed by atoms with Gasteiger partial charge < -0.3 is 11.5 Å². The Morgan fingerprint density at radius 1 is 1.31 bits per heavy atom. The third-order valence-corrected chi connectivity index (χ3v) is 1.64. The first-order chi connectivity index (χ1) is 6.06. The zero-order valence-corrected chi connectivity index (χ0v) is 7.57. The van der Waals surface area contributed by atoms with Crippen molar-refractivity contribution in [3.05, 3.63) is 11.3 Å². The standard InChI is InChI=1S/C8H11N5/c1-4(2)6-5(3-9)7(10)13-8(11)12-6/h4H,1-2H3,(H4,10,11,12,13). The number of rotatable bonds is 1. The van der Waals surface area contributed by atoms with Gasteiger partial charge in [0, 0.05) is 0 Å². The lowest BCUT2D eigenvalue weighted by atomic mass is 10.1. The van der Waals surface area contributed by atoms with Crippen molar-refractivity contribution in [1.29, 1.82) is 5.26 Å². The quantitative estimate of drug-likeness (QED) is 0.655. The second kappa shape index (κ2) is 3.27. The fourth-order valence-electron chi connectivity index (χ4n) is 1.05. The Morgan fingerprint density at radius 2 is 1.92 bits per heavy atom. The molecule has 0 fully saturated rings. The van der Waals surface area contributed by atoms with Gasteiger partial charge in [0.15, 0.2) is 0 Å². The van der Waals surface area contributed by atoms with E-state index in [0.29, 0.717) is 11.3 Å². The van der Waals surface area contributed by atoms with Gasteiger partial charge in [0.2, 0.25) is 5.95 Å². The molecular formula is C8H11N5. The first-order valence-electron chi connectivity index (χ1n) is 3.89. The molecule has 1 aromatic rings. The van der Waals surface area contributed by atoms with E-state index in [4.69, 9.17) is 16.7 Å². The van der Waals surface area contributed by atoms with E-state index in [1.807, 2.05) is 19.9 Å². The van der Waals surface area contributed by atoms with Crippen LogP contribution in [0, 0.1) is 11.3 Å². The summed E-state index contributed by atoms with van der Waals surface area (Å²) in [6.07, 6.45) is 0. The second-order valence-electron chi connectivity index (χ2n) is 2.99. The summed E-state index contributed by atoms with van der Waals surface area (Å²) in [4.78, 5) is 7.68. The van der Waals surface area contributed by atoms with Crippen LogP contribution in [0.4, 0.5) is 11.8 Å². The summed E-state index contributed by atoms with van der Waals surface area (Å²) < 4.78 is 0. The monoisotopic (exact) mass is 177 g/mol. The molecule has 0 spiro atoms. The van der Waals surface area contributed by atoms with Gasteiger partial charge in [-0.25, -0.2) is 4.98 Å². The summed E-state index contributed by atoms with van der Waals surface area (Å²) in [5.41, 5.74) is 11.9. The van der Waals surface area contributed by atoms with Crippen molar-refractivity contribution >= 4 is 11.8 Å². The topological polar surface area (TPSA) is 102 Å². The zero-order valence-electron chi connectivity index (χ0n) is 7.57. The molecule has 1 aromatic heterocycles. The van der Waals surface area contributed by atoms with Gasteiger partial charge >= 0.3 is 0 Å². The lowest BCUT2D eigenvalue weighted by Gasteiger charge is -2.08.